The summed E-state index contributed by atoms with van der Waals surface area (Å²) in [5.41, 5.74) is 1.42. The first-order chi connectivity index (χ1) is 7.76. The lowest BCUT2D eigenvalue weighted by molar-refractivity contribution is 0.341. The number of nitrogens with zero attached hydrogens (tertiary/aromatic N) is 2. The van der Waals surface area contributed by atoms with Crippen molar-refractivity contribution in [3.63, 3.8) is 0 Å². The van der Waals surface area contributed by atoms with Gasteiger partial charge < -0.3 is 9.64 Å². The molecule has 0 amide bonds. The minimum atomic E-state index is 0. The van der Waals surface area contributed by atoms with Crippen LogP contribution in [-0.2, 0) is 0 Å². The van der Waals surface area contributed by atoms with E-state index in [1.807, 2.05) is 19.1 Å². The van der Waals surface area contributed by atoms with Crippen LogP contribution in [0.1, 0.15) is 20.8 Å². The normalized spacial score (nSPS) is 9.35. The number of benzene rings is 1. The molecule has 0 fully saturated rings. The Kier molecular flexibility index (Phi) is 7.30. The van der Waals surface area contributed by atoms with Crippen molar-refractivity contribution >= 4 is 23.8 Å². The third-order valence-electron chi connectivity index (χ3n) is 2.47. The van der Waals surface area contributed by atoms with E-state index in [1.54, 1.807) is 6.07 Å². The first-order valence-electron chi connectivity index (χ1n) is 5.61. The lowest BCUT2D eigenvalue weighted by Crippen LogP contribution is -2.21. The molecule has 0 unspecified atom stereocenters. The molecule has 96 valence electrons. The highest BCUT2D eigenvalue weighted by Gasteiger charge is 2.08. The van der Waals surface area contributed by atoms with Crippen LogP contribution in [-0.4, -0.2) is 19.7 Å². The molecular weight excluding hydrogens is 240 g/mol. The Morgan fingerprint density at radius 3 is 2.35 bits per heavy atom. The van der Waals surface area contributed by atoms with Crippen LogP contribution < -0.4 is 9.64 Å². The minimum absolute atomic E-state index is 0. The molecule has 0 bridgehead atoms. The zero-order valence-electron chi connectivity index (χ0n) is 10.5. The Bertz CT molecular complexity index is 354. The first-order valence-corrected chi connectivity index (χ1v) is 5.61. The van der Waals surface area contributed by atoms with Gasteiger partial charge in [-0.1, -0.05) is 0 Å². The second kappa shape index (κ2) is 7.90. The fraction of sp³-hybridized carbons (Fsp3) is 0.500. The number of ether oxygens (including phenoxy) is 1. The highest BCUT2D eigenvalue weighted by atomic mass is 35.5. The molecule has 1 rings (SSSR count). The molecular formula is C12H19ClN2O2. The molecule has 0 radical (unpaired) electrons. The third-order valence-corrected chi connectivity index (χ3v) is 2.47. The predicted octanol–water partition coefficient (Wildman–Crippen LogP) is 3.75. The fourth-order valence-corrected chi connectivity index (χ4v) is 1.63. The van der Waals surface area contributed by atoms with Crippen molar-refractivity contribution in [3.05, 3.63) is 23.1 Å². The molecule has 5 heteroatoms. The smallest absolute Gasteiger partial charge is 0.150 e. The lowest BCUT2D eigenvalue weighted by atomic mass is 10.2. The van der Waals surface area contributed by atoms with Crippen LogP contribution in [0.4, 0.5) is 11.4 Å². The molecule has 0 saturated heterocycles. The van der Waals surface area contributed by atoms with Crippen LogP contribution >= 0.6 is 12.4 Å². The number of hydrogen-bond acceptors (Lipinski definition) is 4. The van der Waals surface area contributed by atoms with E-state index in [-0.39, 0.29) is 12.4 Å². The van der Waals surface area contributed by atoms with E-state index in [4.69, 9.17) is 4.74 Å². The quantitative estimate of drug-likeness (QED) is 0.730. The molecule has 0 heterocycles. The van der Waals surface area contributed by atoms with Gasteiger partial charge in [-0.05, 0) is 38.1 Å². The number of hydrogen-bond donors (Lipinski definition) is 0. The fourth-order valence-electron chi connectivity index (χ4n) is 1.63. The Morgan fingerprint density at radius 2 is 1.88 bits per heavy atom. The van der Waals surface area contributed by atoms with Gasteiger partial charge in [0.15, 0.2) is 5.75 Å². The highest BCUT2D eigenvalue weighted by molar-refractivity contribution is 5.85. The van der Waals surface area contributed by atoms with Crippen LogP contribution in [0.2, 0.25) is 0 Å². The monoisotopic (exact) mass is 258 g/mol. The first kappa shape index (κ1) is 15.7. The van der Waals surface area contributed by atoms with Crippen molar-refractivity contribution in [2.24, 2.45) is 5.18 Å². The van der Waals surface area contributed by atoms with Gasteiger partial charge in [-0.3, -0.25) is 0 Å². The van der Waals surface area contributed by atoms with Gasteiger partial charge in [0.05, 0.1) is 6.61 Å². The molecule has 0 saturated carbocycles. The molecule has 0 aliphatic rings. The van der Waals surface area contributed by atoms with Crippen LogP contribution in [0.5, 0.6) is 5.75 Å². The molecule has 0 aromatic heterocycles. The van der Waals surface area contributed by atoms with Crippen molar-refractivity contribution in [2.45, 2.75) is 20.8 Å². The zero-order valence-corrected chi connectivity index (χ0v) is 11.3. The zero-order chi connectivity index (χ0) is 12.0. The number of rotatable bonds is 6. The number of nitroso groups, excluding NO2 is 1. The Balaban J connectivity index is 0.00000256. The molecule has 0 spiro atoms. The van der Waals surface area contributed by atoms with E-state index in [0.29, 0.717) is 18.0 Å². The van der Waals surface area contributed by atoms with Crippen molar-refractivity contribution < 1.29 is 4.74 Å². The molecule has 1 aromatic rings. The number of anilines is 1. The largest absolute Gasteiger partial charge is 0.491 e. The Labute approximate surface area is 108 Å². The van der Waals surface area contributed by atoms with Gasteiger partial charge in [-0.2, -0.15) is 0 Å². The average molecular weight is 259 g/mol. The highest BCUT2D eigenvalue weighted by Crippen LogP contribution is 2.31. The molecule has 0 atom stereocenters. The van der Waals surface area contributed by atoms with Crippen LogP contribution in [0, 0.1) is 4.91 Å². The molecule has 1 aromatic carbocycles. The van der Waals surface area contributed by atoms with Gasteiger partial charge in [0.1, 0.15) is 5.69 Å². The van der Waals surface area contributed by atoms with Crippen LogP contribution in [0.15, 0.2) is 23.4 Å². The van der Waals surface area contributed by atoms with Crippen molar-refractivity contribution in [1.82, 2.24) is 0 Å². The minimum Gasteiger partial charge on any atom is -0.491 e. The maximum absolute atomic E-state index is 10.6. The van der Waals surface area contributed by atoms with Crippen LogP contribution in [0.25, 0.3) is 0 Å². The van der Waals surface area contributed by atoms with Gasteiger partial charge in [0.25, 0.3) is 0 Å². The topological polar surface area (TPSA) is 41.9 Å². The van der Waals surface area contributed by atoms with E-state index in [2.05, 4.69) is 23.9 Å². The Hall–Kier alpha value is -1.29. The van der Waals surface area contributed by atoms with Crippen molar-refractivity contribution in [3.8, 4) is 5.75 Å². The van der Waals surface area contributed by atoms with Gasteiger partial charge in [0, 0.05) is 24.8 Å². The van der Waals surface area contributed by atoms with Gasteiger partial charge in [0.2, 0.25) is 0 Å². The second-order valence-corrected chi connectivity index (χ2v) is 3.35. The summed E-state index contributed by atoms with van der Waals surface area (Å²) in [6.45, 7) is 8.46. The van der Waals surface area contributed by atoms with Crippen molar-refractivity contribution in [1.29, 1.82) is 0 Å². The Morgan fingerprint density at radius 1 is 1.24 bits per heavy atom. The molecule has 0 aliphatic carbocycles. The maximum atomic E-state index is 10.6. The summed E-state index contributed by atoms with van der Waals surface area (Å²) >= 11 is 0. The second-order valence-electron chi connectivity index (χ2n) is 3.35. The molecule has 0 N–H and O–H groups in total. The summed E-state index contributed by atoms with van der Waals surface area (Å²) in [5.74, 6) is 0.557. The van der Waals surface area contributed by atoms with E-state index in [9.17, 15) is 4.91 Å². The average Bonchev–Trinajstić information content (AvgIpc) is 2.31. The van der Waals surface area contributed by atoms with Gasteiger partial charge in [-0.25, -0.2) is 0 Å². The summed E-state index contributed by atoms with van der Waals surface area (Å²) in [4.78, 5) is 12.8. The third kappa shape index (κ3) is 3.89. The van der Waals surface area contributed by atoms with E-state index < -0.39 is 0 Å². The summed E-state index contributed by atoms with van der Waals surface area (Å²) in [6.07, 6.45) is 0. The molecule has 0 aliphatic heterocycles. The van der Waals surface area contributed by atoms with Gasteiger partial charge >= 0.3 is 0 Å². The number of halogens is 1. The van der Waals surface area contributed by atoms with Gasteiger partial charge in [-0.15, -0.1) is 17.3 Å². The predicted molar refractivity (Wildman–Crippen MR) is 73.9 cm³/mol. The molecule has 17 heavy (non-hydrogen) atoms. The molecule has 4 nitrogen and oxygen atoms in total. The van der Waals surface area contributed by atoms with E-state index in [1.165, 1.54) is 0 Å². The van der Waals surface area contributed by atoms with E-state index >= 15 is 0 Å². The summed E-state index contributed by atoms with van der Waals surface area (Å²) in [6, 6.07) is 5.46. The van der Waals surface area contributed by atoms with Crippen molar-refractivity contribution in [2.75, 3.05) is 24.6 Å². The SMILES string of the molecule is CCOc1cc(N(CC)CC)ccc1N=O.Cl. The van der Waals surface area contributed by atoms with Crippen LogP contribution in [0.3, 0.4) is 0 Å². The summed E-state index contributed by atoms with van der Waals surface area (Å²) in [5, 5.41) is 2.95. The standard InChI is InChI=1S/C12H18N2O2.ClH/c1-4-14(5-2)10-7-8-11(13-15)12(9-10)16-6-3;/h7-9H,4-6H2,1-3H3;1H. The maximum Gasteiger partial charge on any atom is 0.150 e. The lowest BCUT2D eigenvalue weighted by Gasteiger charge is -2.21. The van der Waals surface area contributed by atoms with E-state index in [0.717, 1.165) is 18.8 Å². The summed E-state index contributed by atoms with van der Waals surface area (Å²) in [7, 11) is 0. The summed E-state index contributed by atoms with van der Waals surface area (Å²) < 4.78 is 5.39.